The van der Waals surface area contributed by atoms with Gasteiger partial charge in [-0.05, 0) is 25.3 Å². The van der Waals surface area contributed by atoms with Crippen LogP contribution in [0.15, 0.2) is 11.1 Å². The van der Waals surface area contributed by atoms with Gasteiger partial charge in [-0.1, -0.05) is 13.8 Å². The molecule has 11 heavy (non-hydrogen) atoms. The van der Waals surface area contributed by atoms with Crippen molar-refractivity contribution in [3.63, 3.8) is 0 Å². The number of hydrogen-bond donors (Lipinski definition) is 0. The van der Waals surface area contributed by atoms with Crippen molar-refractivity contribution < 1.29 is 9.53 Å². The van der Waals surface area contributed by atoms with Crippen molar-refractivity contribution in [1.82, 2.24) is 0 Å². The van der Waals surface area contributed by atoms with Crippen molar-refractivity contribution in [2.45, 2.75) is 33.8 Å². The molecule has 0 amide bonds. The Kier molecular flexibility index (Phi) is 2.03. The summed E-state index contributed by atoms with van der Waals surface area (Å²) < 4.78 is 5.03. The molecule has 0 fully saturated rings. The molecule has 1 rings (SSSR count). The highest BCUT2D eigenvalue weighted by Gasteiger charge is 2.29. The van der Waals surface area contributed by atoms with Gasteiger partial charge < -0.3 is 4.74 Å². The Morgan fingerprint density at radius 1 is 1.45 bits per heavy atom. The maximum atomic E-state index is 11.0. The number of hydrogen-bond acceptors (Lipinski definition) is 2. The lowest BCUT2D eigenvalue weighted by Gasteiger charge is -2.11. The molecule has 0 aromatic carbocycles. The van der Waals surface area contributed by atoms with Crippen LogP contribution in [0.25, 0.3) is 0 Å². The molecule has 0 radical (unpaired) electrons. The maximum absolute atomic E-state index is 11.0. The van der Waals surface area contributed by atoms with E-state index in [9.17, 15) is 4.79 Å². The van der Waals surface area contributed by atoms with Gasteiger partial charge in [-0.2, -0.15) is 0 Å². The van der Waals surface area contributed by atoms with Crippen molar-refractivity contribution in [1.29, 1.82) is 0 Å². The van der Waals surface area contributed by atoms with Crippen LogP contribution in [0.2, 0.25) is 0 Å². The largest absolute Gasteiger partial charge is 0.455 e. The van der Waals surface area contributed by atoms with Gasteiger partial charge in [-0.25, -0.2) is 4.79 Å². The van der Waals surface area contributed by atoms with Crippen LogP contribution < -0.4 is 0 Å². The summed E-state index contributed by atoms with van der Waals surface area (Å²) in [6.45, 7) is 7.92. The summed E-state index contributed by atoms with van der Waals surface area (Å²) >= 11 is 0. The lowest BCUT2D eigenvalue weighted by molar-refractivity contribution is -0.139. The fourth-order valence-corrected chi connectivity index (χ4v) is 1.64. The molecule has 2 nitrogen and oxygen atoms in total. The molecular formula is C9H14O2. The molecule has 0 spiro atoms. The average Bonchev–Trinajstić information content (AvgIpc) is 2.07. The van der Waals surface area contributed by atoms with Crippen LogP contribution in [0.3, 0.4) is 0 Å². The number of carbonyl (C=O) groups excluding carboxylic acids is 1. The molecule has 1 aliphatic heterocycles. The minimum absolute atomic E-state index is 0.0116. The molecule has 0 aromatic heterocycles. The zero-order valence-corrected chi connectivity index (χ0v) is 7.47. The van der Waals surface area contributed by atoms with Gasteiger partial charge in [-0.3, -0.25) is 0 Å². The molecule has 0 aromatic rings. The van der Waals surface area contributed by atoms with E-state index in [0.29, 0.717) is 5.92 Å². The van der Waals surface area contributed by atoms with E-state index in [4.69, 9.17) is 4.74 Å². The number of esters is 1. The molecule has 0 saturated carbocycles. The Hall–Kier alpha value is -0.790. The van der Waals surface area contributed by atoms with E-state index in [1.165, 1.54) is 0 Å². The van der Waals surface area contributed by atoms with Gasteiger partial charge in [0.05, 0.1) is 0 Å². The highest BCUT2D eigenvalue weighted by atomic mass is 16.5. The van der Waals surface area contributed by atoms with Gasteiger partial charge >= 0.3 is 5.97 Å². The van der Waals surface area contributed by atoms with Crippen molar-refractivity contribution in [3.8, 4) is 0 Å². The second-order valence-electron chi connectivity index (χ2n) is 3.28. The van der Waals surface area contributed by atoms with Crippen LogP contribution in [-0.4, -0.2) is 12.1 Å². The van der Waals surface area contributed by atoms with E-state index in [2.05, 4.69) is 13.8 Å². The molecule has 1 atom stereocenters. The van der Waals surface area contributed by atoms with Gasteiger partial charge in [0, 0.05) is 5.57 Å². The summed E-state index contributed by atoms with van der Waals surface area (Å²) in [4.78, 5) is 11.0. The SMILES string of the molecule is CC1=C(C(C)C)C(C)OC1=O. The zero-order chi connectivity index (χ0) is 8.59. The van der Waals surface area contributed by atoms with Crippen LogP contribution in [0.4, 0.5) is 0 Å². The number of ether oxygens (including phenoxy) is 1. The van der Waals surface area contributed by atoms with E-state index < -0.39 is 0 Å². The average molecular weight is 154 g/mol. The fourth-order valence-electron chi connectivity index (χ4n) is 1.64. The molecule has 0 aliphatic carbocycles. The third-order valence-corrected chi connectivity index (χ3v) is 2.08. The maximum Gasteiger partial charge on any atom is 0.334 e. The Labute approximate surface area is 67.2 Å². The molecule has 1 aliphatic rings. The van der Waals surface area contributed by atoms with Crippen LogP contribution in [0, 0.1) is 5.92 Å². The topological polar surface area (TPSA) is 26.3 Å². The summed E-state index contributed by atoms with van der Waals surface area (Å²) in [6, 6.07) is 0. The summed E-state index contributed by atoms with van der Waals surface area (Å²) in [7, 11) is 0. The monoisotopic (exact) mass is 154 g/mol. The van der Waals surface area contributed by atoms with Crippen LogP contribution in [-0.2, 0) is 9.53 Å². The van der Waals surface area contributed by atoms with Crippen molar-refractivity contribution >= 4 is 5.97 Å². The minimum Gasteiger partial charge on any atom is -0.455 e. The predicted octanol–water partition coefficient (Wildman–Crippen LogP) is 1.90. The van der Waals surface area contributed by atoms with Gasteiger partial charge in [0.15, 0.2) is 0 Å². The second-order valence-corrected chi connectivity index (χ2v) is 3.28. The Bertz CT molecular complexity index is 214. The van der Waals surface area contributed by atoms with E-state index in [1.54, 1.807) is 0 Å². The van der Waals surface area contributed by atoms with Crippen molar-refractivity contribution in [2.75, 3.05) is 0 Å². The summed E-state index contributed by atoms with van der Waals surface area (Å²) in [6.07, 6.45) is -0.0116. The third kappa shape index (κ3) is 1.30. The number of carbonyl (C=O) groups is 1. The highest BCUT2D eigenvalue weighted by Crippen LogP contribution is 2.27. The van der Waals surface area contributed by atoms with E-state index in [1.807, 2.05) is 13.8 Å². The normalized spacial score (nSPS) is 24.8. The van der Waals surface area contributed by atoms with Gasteiger partial charge in [-0.15, -0.1) is 0 Å². The molecule has 0 bridgehead atoms. The Morgan fingerprint density at radius 2 is 2.00 bits per heavy atom. The van der Waals surface area contributed by atoms with Gasteiger partial charge in [0.1, 0.15) is 6.10 Å². The van der Waals surface area contributed by atoms with Crippen molar-refractivity contribution in [2.24, 2.45) is 5.92 Å². The van der Waals surface area contributed by atoms with Gasteiger partial charge in [0.25, 0.3) is 0 Å². The highest BCUT2D eigenvalue weighted by molar-refractivity contribution is 5.91. The molecule has 2 heteroatoms. The molecule has 62 valence electrons. The fraction of sp³-hybridized carbons (Fsp3) is 0.667. The molecular weight excluding hydrogens is 140 g/mol. The molecule has 1 unspecified atom stereocenters. The smallest absolute Gasteiger partial charge is 0.334 e. The Morgan fingerprint density at radius 3 is 2.18 bits per heavy atom. The Balaban J connectivity index is 2.97. The summed E-state index contributed by atoms with van der Waals surface area (Å²) in [5, 5.41) is 0. The first-order valence-corrected chi connectivity index (χ1v) is 3.95. The molecule has 0 N–H and O–H groups in total. The number of rotatable bonds is 1. The predicted molar refractivity (Wildman–Crippen MR) is 43.1 cm³/mol. The second kappa shape index (κ2) is 2.68. The van der Waals surface area contributed by atoms with E-state index in [0.717, 1.165) is 11.1 Å². The number of cyclic esters (lactones) is 1. The van der Waals surface area contributed by atoms with Crippen LogP contribution >= 0.6 is 0 Å². The minimum atomic E-state index is -0.152. The molecule has 1 heterocycles. The molecule has 0 saturated heterocycles. The van der Waals surface area contributed by atoms with Gasteiger partial charge in [0.2, 0.25) is 0 Å². The first-order valence-electron chi connectivity index (χ1n) is 3.95. The standard InChI is InChI=1S/C9H14O2/c1-5(2)8-6(3)9(10)11-7(8)4/h5,7H,1-4H3. The quantitative estimate of drug-likeness (QED) is 0.539. The summed E-state index contributed by atoms with van der Waals surface area (Å²) in [5.41, 5.74) is 1.95. The van der Waals surface area contributed by atoms with E-state index in [-0.39, 0.29) is 12.1 Å². The zero-order valence-electron chi connectivity index (χ0n) is 7.47. The first-order chi connectivity index (χ1) is 5.04. The van der Waals surface area contributed by atoms with E-state index >= 15 is 0 Å². The van der Waals surface area contributed by atoms with Crippen LogP contribution in [0.5, 0.6) is 0 Å². The summed E-state index contributed by atoms with van der Waals surface area (Å²) in [5.74, 6) is 0.262. The van der Waals surface area contributed by atoms with Crippen LogP contribution in [0.1, 0.15) is 27.7 Å². The first kappa shape index (κ1) is 8.31. The lowest BCUT2D eigenvalue weighted by Crippen LogP contribution is -2.09. The third-order valence-electron chi connectivity index (χ3n) is 2.08. The lowest BCUT2D eigenvalue weighted by atomic mass is 9.96. The van der Waals surface area contributed by atoms with Crippen molar-refractivity contribution in [3.05, 3.63) is 11.1 Å².